The molecule has 9 unspecified atom stereocenters. The molecule has 3 saturated carbocycles. The predicted molar refractivity (Wildman–Crippen MR) is 157 cm³/mol. The van der Waals surface area contributed by atoms with Crippen LogP contribution >= 0.6 is 0 Å². The minimum atomic E-state index is -1.43. The molecular weight excluding hydrogens is 553 g/mol. The molecular formula is C32H48FN5O5. The Bertz CT molecular complexity index is 1110. The van der Waals surface area contributed by atoms with Gasteiger partial charge in [0, 0.05) is 64.4 Å². The van der Waals surface area contributed by atoms with Crippen LogP contribution in [-0.4, -0.2) is 140 Å². The van der Waals surface area contributed by atoms with E-state index in [1.165, 1.54) is 25.7 Å². The first-order chi connectivity index (χ1) is 20.9. The monoisotopic (exact) mass is 601 g/mol. The molecule has 1 N–H and O–H groups in total. The number of alkyl halides is 1. The van der Waals surface area contributed by atoms with E-state index in [1.807, 2.05) is 13.2 Å². The summed E-state index contributed by atoms with van der Waals surface area (Å²) in [4.78, 5) is 49.4. The molecule has 7 rings (SSSR count). The van der Waals surface area contributed by atoms with E-state index in [1.54, 1.807) is 4.90 Å². The number of amides is 2. The Morgan fingerprint density at radius 3 is 2.47 bits per heavy atom. The summed E-state index contributed by atoms with van der Waals surface area (Å²) in [7, 11) is 2.04. The molecule has 4 aliphatic heterocycles. The van der Waals surface area contributed by atoms with Crippen LogP contribution in [0.3, 0.4) is 0 Å². The number of hydrogen-bond donors (Lipinski definition) is 1. The van der Waals surface area contributed by atoms with E-state index in [0.717, 1.165) is 39.0 Å². The van der Waals surface area contributed by atoms with Crippen LogP contribution in [0.1, 0.15) is 51.4 Å². The van der Waals surface area contributed by atoms with Gasteiger partial charge in [-0.3, -0.25) is 19.3 Å². The first-order valence-electron chi connectivity index (χ1n) is 16.8. The van der Waals surface area contributed by atoms with Crippen LogP contribution in [0.5, 0.6) is 0 Å². The fourth-order valence-electron chi connectivity index (χ4n) is 9.14. The van der Waals surface area contributed by atoms with Crippen molar-refractivity contribution in [1.29, 1.82) is 0 Å². The van der Waals surface area contributed by atoms with E-state index in [2.05, 4.69) is 20.0 Å². The van der Waals surface area contributed by atoms with Crippen LogP contribution in [0, 0.1) is 17.8 Å². The van der Waals surface area contributed by atoms with Gasteiger partial charge >= 0.3 is 0 Å². The van der Waals surface area contributed by atoms with Crippen LogP contribution < -0.4 is 5.32 Å². The van der Waals surface area contributed by atoms with Gasteiger partial charge in [0.2, 0.25) is 5.91 Å². The van der Waals surface area contributed by atoms with Crippen molar-refractivity contribution in [1.82, 2.24) is 24.9 Å². The number of carbonyl (C=O) groups is 3. The molecule has 0 radical (unpaired) electrons. The van der Waals surface area contributed by atoms with E-state index in [9.17, 15) is 14.4 Å². The maximum absolute atomic E-state index is 16.1. The zero-order chi connectivity index (χ0) is 29.7. The smallest absolute Gasteiger partial charge is 0.259 e. The zero-order valence-electron chi connectivity index (χ0n) is 25.5. The summed E-state index contributed by atoms with van der Waals surface area (Å²) in [6, 6.07) is -1.14. The summed E-state index contributed by atoms with van der Waals surface area (Å²) >= 11 is 0. The number of carbonyl (C=O) groups excluding carboxylic acids is 3. The summed E-state index contributed by atoms with van der Waals surface area (Å²) in [5, 5.41) is 3.02. The highest BCUT2D eigenvalue weighted by atomic mass is 19.1. The normalized spacial score (nSPS) is 40.2. The second-order valence-electron chi connectivity index (χ2n) is 14.1. The fourth-order valence-corrected chi connectivity index (χ4v) is 9.14. The number of piperazine rings is 1. The number of morpholine rings is 2. The predicted octanol–water partition coefficient (Wildman–Crippen LogP) is 1.20. The van der Waals surface area contributed by atoms with E-state index in [0.29, 0.717) is 44.7 Å². The minimum Gasteiger partial charge on any atom is -0.379 e. The third-order valence-electron chi connectivity index (χ3n) is 11.6. The average Bonchev–Trinajstić information content (AvgIpc) is 3.02. The summed E-state index contributed by atoms with van der Waals surface area (Å²) in [6.45, 7) is 6.23. The van der Waals surface area contributed by atoms with Crippen molar-refractivity contribution in [3.8, 4) is 0 Å². The molecule has 2 amide bonds. The number of hydrogen-bond acceptors (Lipinski definition) is 8. The molecule has 3 saturated heterocycles. The Kier molecular flexibility index (Phi) is 8.52. The average molecular weight is 602 g/mol. The molecule has 0 spiro atoms. The molecule has 0 bridgehead atoms. The standard InChI is InChI=1S/C32H48FN5O5/c1-35-8-10-37(11-9-35)32(41)23-19-38-25-16-20-4-2-3-5-21(20)17-26(25)43-31-28(24(33)18-22(29(31)38)30(23)40)34-27(39)6-7-36-12-14-42-15-13-36/h19-22,24-26,28-29,31H,2-18H2,1H3,(H,34,39). The summed E-state index contributed by atoms with van der Waals surface area (Å²) < 4.78 is 28.4. The second kappa shape index (κ2) is 12.4. The molecule has 0 aromatic heterocycles. The van der Waals surface area contributed by atoms with E-state index in [-0.39, 0.29) is 54.2 Å². The lowest BCUT2D eigenvalue weighted by molar-refractivity contribution is -0.208. The SMILES string of the molecule is CN1CCN(C(=O)C2=CN3C4CC5CCCCC5CC4OC4C(NC(=O)CCN5CCOCC5)C(F)CC(C2=O)C43)CC1. The lowest BCUT2D eigenvalue weighted by atomic mass is 9.65. The number of ether oxygens (including phenoxy) is 2. The molecule has 0 aromatic carbocycles. The maximum Gasteiger partial charge on any atom is 0.259 e. The van der Waals surface area contributed by atoms with Crippen molar-refractivity contribution in [2.75, 3.05) is 66.1 Å². The minimum absolute atomic E-state index is 0.00886. The van der Waals surface area contributed by atoms with Crippen molar-refractivity contribution in [2.24, 2.45) is 17.8 Å². The zero-order valence-corrected chi connectivity index (χ0v) is 25.5. The third-order valence-corrected chi connectivity index (χ3v) is 11.6. The highest BCUT2D eigenvalue weighted by molar-refractivity contribution is 6.20. The number of Topliss-reactive ketones (excluding diaryl/α,β-unsaturated/α-hetero) is 1. The van der Waals surface area contributed by atoms with Crippen LogP contribution in [0.15, 0.2) is 11.8 Å². The Morgan fingerprint density at radius 1 is 1.00 bits per heavy atom. The number of nitrogens with one attached hydrogen (secondary N) is 1. The Hall–Kier alpha value is -2.08. The summed E-state index contributed by atoms with van der Waals surface area (Å²) in [5.74, 6) is -0.127. The summed E-state index contributed by atoms with van der Waals surface area (Å²) in [5.41, 5.74) is 0.205. The number of rotatable bonds is 5. The van der Waals surface area contributed by atoms with Crippen molar-refractivity contribution >= 4 is 17.6 Å². The molecule has 7 aliphatic rings. The summed E-state index contributed by atoms with van der Waals surface area (Å²) in [6.07, 6.45) is 6.72. The molecule has 3 aliphatic carbocycles. The highest BCUT2D eigenvalue weighted by Crippen LogP contribution is 2.50. The molecule has 238 valence electrons. The number of halogens is 1. The van der Waals surface area contributed by atoms with Gasteiger partial charge in [0.25, 0.3) is 5.91 Å². The van der Waals surface area contributed by atoms with E-state index in [4.69, 9.17) is 9.47 Å². The van der Waals surface area contributed by atoms with Gasteiger partial charge in [-0.1, -0.05) is 25.7 Å². The lowest BCUT2D eigenvalue weighted by Gasteiger charge is -2.60. The van der Waals surface area contributed by atoms with Crippen molar-refractivity contribution < 1.29 is 28.2 Å². The second-order valence-corrected chi connectivity index (χ2v) is 14.1. The Labute approximate surface area is 254 Å². The lowest BCUT2D eigenvalue weighted by Crippen LogP contribution is -2.73. The van der Waals surface area contributed by atoms with Gasteiger partial charge in [-0.15, -0.1) is 0 Å². The topological polar surface area (TPSA) is 94.7 Å². The molecule has 6 fully saturated rings. The van der Waals surface area contributed by atoms with Gasteiger partial charge < -0.3 is 29.5 Å². The molecule has 0 aromatic rings. The van der Waals surface area contributed by atoms with Crippen LogP contribution in [-0.2, 0) is 23.9 Å². The number of likely N-dealkylation sites (N-methyl/N-ethyl adjacent to an activating group) is 1. The number of ketones is 1. The van der Waals surface area contributed by atoms with Gasteiger partial charge in [0.1, 0.15) is 12.3 Å². The molecule has 4 heterocycles. The molecule has 9 atom stereocenters. The molecule has 43 heavy (non-hydrogen) atoms. The van der Waals surface area contributed by atoms with Crippen LogP contribution in [0.25, 0.3) is 0 Å². The van der Waals surface area contributed by atoms with E-state index < -0.39 is 24.2 Å². The number of fused-ring (bicyclic) bond motifs is 3. The molecule has 11 heteroatoms. The van der Waals surface area contributed by atoms with Gasteiger partial charge in [-0.2, -0.15) is 0 Å². The Morgan fingerprint density at radius 2 is 1.72 bits per heavy atom. The van der Waals surface area contributed by atoms with Gasteiger partial charge in [0.05, 0.1) is 43.0 Å². The number of nitrogens with zero attached hydrogens (tertiary/aromatic N) is 4. The third kappa shape index (κ3) is 5.75. The van der Waals surface area contributed by atoms with Gasteiger partial charge in [-0.25, -0.2) is 4.39 Å². The fraction of sp³-hybridized carbons (Fsp3) is 0.844. The maximum atomic E-state index is 16.1. The van der Waals surface area contributed by atoms with Gasteiger partial charge in [-0.05, 0) is 38.1 Å². The quantitative estimate of drug-likeness (QED) is 0.470. The van der Waals surface area contributed by atoms with Crippen molar-refractivity contribution in [3.63, 3.8) is 0 Å². The first kappa shape index (κ1) is 29.6. The Balaban J connectivity index is 1.15. The van der Waals surface area contributed by atoms with Crippen molar-refractivity contribution in [2.45, 2.75) is 87.9 Å². The molecule has 10 nitrogen and oxygen atoms in total. The van der Waals surface area contributed by atoms with Crippen LogP contribution in [0.2, 0.25) is 0 Å². The first-order valence-corrected chi connectivity index (χ1v) is 16.8. The largest absolute Gasteiger partial charge is 0.379 e. The van der Waals surface area contributed by atoms with E-state index >= 15 is 4.39 Å². The van der Waals surface area contributed by atoms with Gasteiger partial charge in [0.15, 0.2) is 5.78 Å². The van der Waals surface area contributed by atoms with Crippen molar-refractivity contribution in [3.05, 3.63) is 11.8 Å². The highest BCUT2D eigenvalue weighted by Gasteiger charge is 2.60. The van der Waals surface area contributed by atoms with Crippen LogP contribution in [0.4, 0.5) is 4.39 Å².